The Bertz CT molecular complexity index is 1170. The number of anilines is 1. The number of rotatable bonds is 0. The summed E-state index contributed by atoms with van der Waals surface area (Å²) in [5.74, 6) is 0.848. The van der Waals surface area contributed by atoms with Crippen molar-refractivity contribution in [1.29, 1.82) is 0 Å². The molecule has 1 atom stereocenters. The van der Waals surface area contributed by atoms with Gasteiger partial charge < -0.3 is 9.64 Å². The standard InChI is InChI=1S/C25H26N2O/c1-15-13-16(2)23-21(17(15)3)24(4,5)25(27(23)6)14-26-22-19-10-8-7-9-18(19)11-12-20(22)28-25/h7-14H,1-6H3. The molecule has 28 heavy (non-hydrogen) atoms. The average Bonchev–Trinajstić information content (AvgIpc) is 2.84. The molecule has 142 valence electrons. The monoisotopic (exact) mass is 370 g/mol. The quantitative estimate of drug-likeness (QED) is 0.486. The Morgan fingerprint density at radius 3 is 2.50 bits per heavy atom. The molecule has 2 heterocycles. The molecule has 0 saturated heterocycles. The number of aliphatic imine (C=N–C) groups is 1. The van der Waals surface area contributed by atoms with E-state index in [-0.39, 0.29) is 5.41 Å². The van der Waals surface area contributed by atoms with Crippen molar-refractivity contribution >= 4 is 28.4 Å². The van der Waals surface area contributed by atoms with Crippen molar-refractivity contribution < 1.29 is 4.74 Å². The highest BCUT2D eigenvalue weighted by atomic mass is 16.5. The van der Waals surface area contributed by atoms with E-state index in [1.54, 1.807) is 0 Å². The Hall–Kier alpha value is -2.81. The van der Waals surface area contributed by atoms with E-state index < -0.39 is 5.72 Å². The molecule has 2 aliphatic rings. The summed E-state index contributed by atoms with van der Waals surface area (Å²) in [5.41, 5.74) is 6.62. The van der Waals surface area contributed by atoms with Gasteiger partial charge in [0.05, 0.1) is 11.6 Å². The molecule has 0 saturated carbocycles. The van der Waals surface area contributed by atoms with E-state index in [0.29, 0.717) is 0 Å². The van der Waals surface area contributed by atoms with Crippen LogP contribution in [0.2, 0.25) is 0 Å². The first-order valence-corrected chi connectivity index (χ1v) is 9.89. The Morgan fingerprint density at radius 1 is 0.964 bits per heavy atom. The van der Waals surface area contributed by atoms with Crippen LogP contribution in [-0.4, -0.2) is 19.0 Å². The lowest BCUT2D eigenvalue weighted by Gasteiger charge is -2.45. The molecule has 1 spiro atoms. The third kappa shape index (κ3) is 1.92. The lowest BCUT2D eigenvalue weighted by molar-refractivity contribution is 0.0824. The normalized spacial score (nSPS) is 21.7. The Labute approximate surface area is 166 Å². The zero-order valence-corrected chi connectivity index (χ0v) is 17.4. The van der Waals surface area contributed by atoms with Gasteiger partial charge in [0.1, 0.15) is 11.4 Å². The highest BCUT2D eigenvalue weighted by molar-refractivity contribution is 6.00. The first-order chi connectivity index (χ1) is 13.3. The summed E-state index contributed by atoms with van der Waals surface area (Å²) in [7, 11) is 2.13. The van der Waals surface area contributed by atoms with Crippen LogP contribution in [0, 0.1) is 20.8 Å². The van der Waals surface area contributed by atoms with E-state index in [2.05, 4.69) is 89.0 Å². The number of benzene rings is 3. The Morgan fingerprint density at radius 2 is 1.71 bits per heavy atom. The molecule has 2 aliphatic heterocycles. The van der Waals surface area contributed by atoms with Gasteiger partial charge in [-0.2, -0.15) is 0 Å². The van der Waals surface area contributed by atoms with Crippen LogP contribution in [0.25, 0.3) is 10.8 Å². The third-order valence-electron chi connectivity index (χ3n) is 6.86. The van der Waals surface area contributed by atoms with Crippen molar-refractivity contribution in [2.45, 2.75) is 45.8 Å². The molecular weight excluding hydrogens is 344 g/mol. The third-order valence-corrected chi connectivity index (χ3v) is 6.86. The zero-order chi connectivity index (χ0) is 19.8. The van der Waals surface area contributed by atoms with Gasteiger partial charge in [-0.25, -0.2) is 0 Å². The van der Waals surface area contributed by atoms with Crippen molar-refractivity contribution in [2.24, 2.45) is 4.99 Å². The molecule has 0 N–H and O–H groups in total. The van der Waals surface area contributed by atoms with Crippen LogP contribution >= 0.6 is 0 Å². The van der Waals surface area contributed by atoms with Gasteiger partial charge in [0.15, 0.2) is 0 Å². The SMILES string of the molecule is Cc1cc(C)c2c(c1C)C(C)(C)C1(C=Nc3c(ccc4ccccc34)O1)N2C. The van der Waals surface area contributed by atoms with Crippen molar-refractivity contribution in [1.82, 2.24) is 0 Å². The topological polar surface area (TPSA) is 24.8 Å². The molecule has 0 aliphatic carbocycles. The molecule has 3 heteroatoms. The number of fused-ring (bicyclic) bond motifs is 4. The highest BCUT2D eigenvalue weighted by Crippen LogP contribution is 2.56. The van der Waals surface area contributed by atoms with Crippen LogP contribution in [0.15, 0.2) is 47.5 Å². The fourth-order valence-electron chi connectivity index (χ4n) is 5.28. The lowest BCUT2D eigenvalue weighted by Crippen LogP contribution is -2.61. The molecular formula is C25H26N2O. The highest BCUT2D eigenvalue weighted by Gasteiger charge is 2.59. The van der Waals surface area contributed by atoms with Gasteiger partial charge in [-0.3, -0.25) is 4.99 Å². The van der Waals surface area contributed by atoms with Gasteiger partial charge >= 0.3 is 0 Å². The van der Waals surface area contributed by atoms with E-state index in [9.17, 15) is 0 Å². The van der Waals surface area contributed by atoms with E-state index in [1.165, 1.54) is 33.3 Å². The fraction of sp³-hybridized carbons (Fsp3) is 0.320. The smallest absolute Gasteiger partial charge is 0.228 e. The average molecular weight is 370 g/mol. The summed E-state index contributed by atoms with van der Waals surface area (Å²) in [6.07, 6.45) is 2.02. The Kier molecular flexibility index (Phi) is 3.32. The second kappa shape index (κ2) is 5.38. The van der Waals surface area contributed by atoms with Gasteiger partial charge in [0, 0.05) is 18.1 Å². The van der Waals surface area contributed by atoms with Crippen molar-refractivity contribution in [2.75, 3.05) is 11.9 Å². The van der Waals surface area contributed by atoms with Gasteiger partial charge in [-0.05, 0) is 68.3 Å². The van der Waals surface area contributed by atoms with Gasteiger partial charge in [0.2, 0.25) is 5.72 Å². The summed E-state index contributed by atoms with van der Waals surface area (Å²) in [6, 6.07) is 14.8. The maximum atomic E-state index is 6.83. The van der Waals surface area contributed by atoms with Crippen LogP contribution in [0.4, 0.5) is 11.4 Å². The number of nitrogens with zero attached hydrogens (tertiary/aromatic N) is 2. The summed E-state index contributed by atoms with van der Waals surface area (Å²) in [6.45, 7) is 11.2. The molecule has 0 bridgehead atoms. The first kappa shape index (κ1) is 17.3. The van der Waals surface area contributed by atoms with Gasteiger partial charge in [-0.15, -0.1) is 0 Å². The zero-order valence-electron chi connectivity index (χ0n) is 17.4. The molecule has 3 aromatic carbocycles. The number of hydrogen-bond acceptors (Lipinski definition) is 3. The van der Waals surface area contributed by atoms with Gasteiger partial charge in [-0.1, -0.05) is 36.4 Å². The van der Waals surface area contributed by atoms with Crippen molar-refractivity contribution in [3.05, 3.63) is 64.7 Å². The second-order valence-electron chi connectivity index (χ2n) is 8.73. The van der Waals surface area contributed by atoms with Crippen LogP contribution in [0.1, 0.15) is 36.1 Å². The summed E-state index contributed by atoms with van der Waals surface area (Å²) in [4.78, 5) is 7.26. The molecule has 0 radical (unpaired) electrons. The minimum absolute atomic E-state index is 0.245. The lowest BCUT2D eigenvalue weighted by atomic mass is 9.75. The summed E-state index contributed by atoms with van der Waals surface area (Å²) in [5, 5.41) is 2.31. The van der Waals surface area contributed by atoms with Crippen molar-refractivity contribution in [3.8, 4) is 5.75 Å². The number of likely N-dealkylation sites (N-methyl/N-ethyl adjacent to an activating group) is 1. The predicted octanol–water partition coefficient (Wildman–Crippen LogP) is 5.98. The van der Waals surface area contributed by atoms with Crippen LogP contribution in [0.3, 0.4) is 0 Å². The first-order valence-electron chi connectivity index (χ1n) is 9.89. The molecule has 0 aromatic heterocycles. The second-order valence-corrected chi connectivity index (χ2v) is 8.73. The maximum Gasteiger partial charge on any atom is 0.228 e. The minimum atomic E-state index is -0.645. The number of hydrogen-bond donors (Lipinski definition) is 0. The minimum Gasteiger partial charge on any atom is -0.459 e. The van der Waals surface area contributed by atoms with Crippen LogP contribution < -0.4 is 9.64 Å². The van der Waals surface area contributed by atoms with E-state index in [1.807, 2.05) is 6.21 Å². The van der Waals surface area contributed by atoms with Crippen LogP contribution in [0.5, 0.6) is 5.75 Å². The van der Waals surface area contributed by atoms with E-state index >= 15 is 0 Å². The maximum absolute atomic E-state index is 6.83. The molecule has 1 unspecified atom stereocenters. The fourth-order valence-corrected chi connectivity index (χ4v) is 5.28. The Balaban J connectivity index is 1.75. The molecule has 3 aromatic rings. The molecule has 5 rings (SSSR count). The van der Waals surface area contributed by atoms with Crippen LogP contribution in [-0.2, 0) is 5.41 Å². The summed E-state index contributed by atoms with van der Waals surface area (Å²) >= 11 is 0. The predicted molar refractivity (Wildman–Crippen MR) is 118 cm³/mol. The van der Waals surface area contributed by atoms with Crippen molar-refractivity contribution in [3.63, 3.8) is 0 Å². The van der Waals surface area contributed by atoms with E-state index in [4.69, 9.17) is 9.73 Å². The molecule has 3 nitrogen and oxygen atoms in total. The molecule has 0 fully saturated rings. The van der Waals surface area contributed by atoms with E-state index in [0.717, 1.165) is 16.8 Å². The number of aryl methyl sites for hydroxylation is 2. The summed E-state index contributed by atoms with van der Waals surface area (Å²) < 4.78 is 6.83. The molecule has 0 amide bonds. The largest absolute Gasteiger partial charge is 0.459 e. The number of ether oxygens (including phenoxy) is 1. The van der Waals surface area contributed by atoms with Gasteiger partial charge in [0.25, 0.3) is 0 Å².